The molecule has 1 amide bonds. The van der Waals surface area contributed by atoms with E-state index in [-0.39, 0.29) is 5.91 Å². The molecule has 1 aromatic carbocycles. The predicted molar refractivity (Wildman–Crippen MR) is 93.7 cm³/mol. The second-order valence-electron chi connectivity index (χ2n) is 6.30. The summed E-state index contributed by atoms with van der Waals surface area (Å²) in [5.74, 6) is -1.81. The van der Waals surface area contributed by atoms with E-state index in [1.54, 1.807) is 13.8 Å². The van der Waals surface area contributed by atoms with E-state index in [1.165, 1.54) is 0 Å². The molecule has 5 heteroatoms. The van der Waals surface area contributed by atoms with Crippen molar-refractivity contribution in [3.63, 3.8) is 0 Å². The Bertz CT molecular complexity index is 777. The summed E-state index contributed by atoms with van der Waals surface area (Å²) in [5, 5.41) is 11.9. The van der Waals surface area contributed by atoms with Crippen LogP contribution in [0.1, 0.15) is 41.2 Å². The van der Waals surface area contributed by atoms with Crippen LogP contribution in [0, 0.1) is 26.7 Å². The van der Waals surface area contributed by atoms with Crippen LogP contribution in [0.2, 0.25) is 0 Å². The summed E-state index contributed by atoms with van der Waals surface area (Å²) in [6, 6.07) is 9.40. The first kappa shape index (κ1) is 17.8. The number of rotatable bonds is 5. The van der Waals surface area contributed by atoms with Gasteiger partial charge in [-0.3, -0.25) is 9.59 Å². The maximum atomic E-state index is 12.6. The molecule has 0 radical (unpaired) electrons. The number of carboxylic acids is 1. The van der Waals surface area contributed by atoms with Crippen molar-refractivity contribution in [3.05, 3.63) is 52.8 Å². The second-order valence-corrected chi connectivity index (χ2v) is 6.30. The molecule has 2 rings (SSSR count). The molecule has 0 fully saturated rings. The third-order valence-corrected chi connectivity index (χ3v) is 4.53. The number of nitrogens with zero attached hydrogens (tertiary/aromatic N) is 1. The van der Waals surface area contributed by atoms with Crippen LogP contribution in [0.25, 0.3) is 5.69 Å². The van der Waals surface area contributed by atoms with Crippen molar-refractivity contribution in [1.82, 2.24) is 9.88 Å². The van der Waals surface area contributed by atoms with Crippen molar-refractivity contribution < 1.29 is 14.7 Å². The highest BCUT2D eigenvalue weighted by Gasteiger charge is 2.24. The number of para-hydroxylation sites is 1. The molecule has 24 heavy (non-hydrogen) atoms. The quantitative estimate of drug-likeness (QED) is 0.885. The molecule has 0 bridgehead atoms. The Morgan fingerprint density at radius 2 is 1.75 bits per heavy atom. The lowest BCUT2D eigenvalue weighted by molar-refractivity contribution is -0.141. The Labute approximate surface area is 142 Å². The van der Waals surface area contributed by atoms with Crippen LogP contribution < -0.4 is 5.32 Å². The first-order valence-electron chi connectivity index (χ1n) is 8.02. The van der Waals surface area contributed by atoms with E-state index in [0.717, 1.165) is 22.6 Å². The van der Waals surface area contributed by atoms with Crippen molar-refractivity contribution in [1.29, 1.82) is 0 Å². The summed E-state index contributed by atoms with van der Waals surface area (Å²) in [6.45, 7) is 9.19. The van der Waals surface area contributed by atoms with Crippen LogP contribution >= 0.6 is 0 Å². The van der Waals surface area contributed by atoms with Gasteiger partial charge in [-0.15, -0.1) is 0 Å². The summed E-state index contributed by atoms with van der Waals surface area (Å²) in [5.41, 5.74) is 4.54. The zero-order chi connectivity index (χ0) is 18.0. The first-order valence-corrected chi connectivity index (χ1v) is 8.02. The standard InChI is InChI=1S/C19H24N2O3/c1-11-8-6-7-9-17(11)21-12(2)10-16(15(21)5)18(22)20-14(4)13(3)19(23)24/h6-10,13-14H,1-5H3,(H,20,22)(H,23,24). The molecule has 5 nitrogen and oxygen atoms in total. The Kier molecular flexibility index (Phi) is 5.12. The predicted octanol–water partition coefficient (Wildman–Crippen LogP) is 3.24. The van der Waals surface area contributed by atoms with Crippen LogP contribution in [-0.2, 0) is 4.79 Å². The summed E-state index contributed by atoms with van der Waals surface area (Å²) in [4.78, 5) is 23.6. The molecule has 0 spiro atoms. The van der Waals surface area contributed by atoms with Crippen LogP contribution in [0.15, 0.2) is 30.3 Å². The molecule has 0 aliphatic heterocycles. The SMILES string of the molecule is Cc1ccccc1-n1c(C)cc(C(=O)NC(C)C(C)C(=O)O)c1C. The van der Waals surface area contributed by atoms with Gasteiger partial charge in [0.15, 0.2) is 0 Å². The van der Waals surface area contributed by atoms with E-state index in [4.69, 9.17) is 5.11 Å². The van der Waals surface area contributed by atoms with Crippen LogP contribution in [-0.4, -0.2) is 27.6 Å². The fourth-order valence-corrected chi connectivity index (χ4v) is 2.80. The van der Waals surface area contributed by atoms with E-state index >= 15 is 0 Å². The van der Waals surface area contributed by atoms with Gasteiger partial charge in [-0.1, -0.05) is 18.2 Å². The highest BCUT2D eigenvalue weighted by Crippen LogP contribution is 2.23. The van der Waals surface area contributed by atoms with Gasteiger partial charge in [0.2, 0.25) is 0 Å². The fourth-order valence-electron chi connectivity index (χ4n) is 2.80. The summed E-state index contributed by atoms with van der Waals surface area (Å²) in [6.07, 6.45) is 0. The minimum absolute atomic E-state index is 0.247. The Morgan fingerprint density at radius 1 is 1.12 bits per heavy atom. The third kappa shape index (κ3) is 3.35. The summed E-state index contributed by atoms with van der Waals surface area (Å²) < 4.78 is 2.05. The summed E-state index contributed by atoms with van der Waals surface area (Å²) in [7, 11) is 0. The number of carbonyl (C=O) groups excluding carboxylic acids is 1. The summed E-state index contributed by atoms with van der Waals surface area (Å²) >= 11 is 0. The molecule has 2 aromatic rings. The van der Waals surface area contributed by atoms with Crippen LogP contribution in [0.3, 0.4) is 0 Å². The first-order chi connectivity index (χ1) is 11.2. The van der Waals surface area contributed by atoms with Crippen LogP contribution in [0.4, 0.5) is 0 Å². The van der Waals surface area contributed by atoms with E-state index in [1.807, 2.05) is 51.1 Å². The van der Waals surface area contributed by atoms with Gasteiger partial charge in [0.25, 0.3) is 5.91 Å². The lowest BCUT2D eigenvalue weighted by Crippen LogP contribution is -2.40. The average Bonchev–Trinajstić information content (AvgIpc) is 2.82. The maximum absolute atomic E-state index is 12.6. The molecule has 0 aliphatic carbocycles. The maximum Gasteiger partial charge on any atom is 0.308 e. The Hall–Kier alpha value is -2.56. The monoisotopic (exact) mass is 328 g/mol. The van der Waals surface area contributed by atoms with Gasteiger partial charge in [-0.25, -0.2) is 0 Å². The Balaban J connectivity index is 2.34. The van der Waals surface area contributed by atoms with Crippen molar-refractivity contribution in [2.75, 3.05) is 0 Å². The number of aliphatic carboxylic acids is 1. The topological polar surface area (TPSA) is 71.3 Å². The van der Waals surface area contributed by atoms with E-state index in [2.05, 4.69) is 9.88 Å². The minimum Gasteiger partial charge on any atom is -0.481 e. The van der Waals surface area contributed by atoms with Gasteiger partial charge in [0.1, 0.15) is 0 Å². The largest absolute Gasteiger partial charge is 0.481 e. The number of hydrogen-bond donors (Lipinski definition) is 2. The smallest absolute Gasteiger partial charge is 0.308 e. The number of aryl methyl sites for hydroxylation is 2. The highest BCUT2D eigenvalue weighted by molar-refractivity contribution is 5.96. The molecule has 1 heterocycles. The highest BCUT2D eigenvalue weighted by atomic mass is 16.4. The number of aromatic nitrogens is 1. The second kappa shape index (κ2) is 6.91. The molecule has 0 saturated heterocycles. The molecule has 0 saturated carbocycles. The normalized spacial score (nSPS) is 13.4. The molecule has 2 atom stereocenters. The van der Waals surface area contributed by atoms with Crippen LogP contribution in [0.5, 0.6) is 0 Å². The molecular weight excluding hydrogens is 304 g/mol. The van der Waals surface area contributed by atoms with Gasteiger partial charge in [0.05, 0.1) is 11.5 Å². The number of benzene rings is 1. The van der Waals surface area contributed by atoms with Gasteiger partial charge in [-0.05, 0) is 52.3 Å². The zero-order valence-corrected chi connectivity index (χ0v) is 14.8. The fraction of sp³-hybridized carbons (Fsp3) is 0.368. The van der Waals surface area contributed by atoms with Gasteiger partial charge < -0.3 is 15.0 Å². The van der Waals surface area contributed by atoms with E-state index in [0.29, 0.717) is 5.56 Å². The Morgan fingerprint density at radius 3 is 2.33 bits per heavy atom. The number of carbonyl (C=O) groups is 2. The molecule has 1 aromatic heterocycles. The number of hydrogen-bond acceptors (Lipinski definition) is 2. The van der Waals surface area contributed by atoms with Crippen molar-refractivity contribution in [2.45, 2.75) is 40.7 Å². The minimum atomic E-state index is -0.923. The van der Waals surface area contributed by atoms with Crippen molar-refractivity contribution >= 4 is 11.9 Å². The number of carboxylic acid groups (broad SMARTS) is 1. The molecule has 0 aliphatic rings. The lowest BCUT2D eigenvalue weighted by atomic mass is 10.0. The van der Waals surface area contributed by atoms with Gasteiger partial charge in [0, 0.05) is 23.1 Å². The zero-order valence-electron chi connectivity index (χ0n) is 14.8. The van der Waals surface area contributed by atoms with Crippen molar-refractivity contribution in [3.8, 4) is 5.69 Å². The third-order valence-electron chi connectivity index (χ3n) is 4.53. The molecule has 2 N–H and O–H groups in total. The van der Waals surface area contributed by atoms with Gasteiger partial charge >= 0.3 is 5.97 Å². The molecule has 2 unspecified atom stereocenters. The van der Waals surface area contributed by atoms with Crippen molar-refractivity contribution in [2.24, 2.45) is 5.92 Å². The molecule has 128 valence electrons. The lowest BCUT2D eigenvalue weighted by Gasteiger charge is -2.18. The van der Waals surface area contributed by atoms with E-state index in [9.17, 15) is 9.59 Å². The number of amides is 1. The average molecular weight is 328 g/mol. The molecular formula is C19H24N2O3. The van der Waals surface area contributed by atoms with Gasteiger partial charge in [-0.2, -0.15) is 0 Å². The number of nitrogens with one attached hydrogen (secondary N) is 1. The van der Waals surface area contributed by atoms with E-state index < -0.39 is 17.9 Å².